The molecular weight excluding hydrogens is 903 g/mol. The summed E-state index contributed by atoms with van der Waals surface area (Å²) in [6, 6.07) is 17.0. The number of halogens is 2. The van der Waals surface area contributed by atoms with Crippen molar-refractivity contribution in [1.29, 1.82) is 10.5 Å². The van der Waals surface area contributed by atoms with E-state index in [0.717, 1.165) is 104 Å². The molecule has 0 amide bonds. The van der Waals surface area contributed by atoms with Gasteiger partial charge in [0.25, 0.3) is 11.1 Å². The molecule has 2 aliphatic heterocycles. The second-order valence-electron chi connectivity index (χ2n) is 18.0. The summed E-state index contributed by atoms with van der Waals surface area (Å²) in [5.74, 6) is -0.239. The van der Waals surface area contributed by atoms with Gasteiger partial charge in [0.15, 0.2) is 0 Å². The molecule has 2 aliphatic carbocycles. The molecule has 17 nitrogen and oxygen atoms in total. The van der Waals surface area contributed by atoms with Gasteiger partial charge in [-0.15, -0.1) is 0 Å². The van der Waals surface area contributed by atoms with Crippen molar-refractivity contribution in [3.63, 3.8) is 0 Å². The fraction of sp³-hybridized carbons (Fsp3) is 0.429. The quantitative estimate of drug-likeness (QED) is 0.137. The summed E-state index contributed by atoms with van der Waals surface area (Å²) >= 11 is 0. The summed E-state index contributed by atoms with van der Waals surface area (Å²) in [6.45, 7) is 7.08. The van der Waals surface area contributed by atoms with Crippen LogP contribution in [0, 0.1) is 34.3 Å². The first-order chi connectivity index (χ1) is 33.3. The summed E-state index contributed by atoms with van der Waals surface area (Å²) in [6.07, 6.45) is 12.4. The Hall–Kier alpha value is -6.87. The van der Waals surface area contributed by atoms with Crippen LogP contribution in [-0.2, 0) is 10.8 Å². The van der Waals surface area contributed by atoms with Gasteiger partial charge in [0.1, 0.15) is 46.2 Å². The molecule has 1 unspecified atom stereocenters. The number of nitrogen functional groups attached to an aromatic ring is 1. The van der Waals surface area contributed by atoms with E-state index in [9.17, 15) is 27.8 Å². The summed E-state index contributed by atoms with van der Waals surface area (Å²) in [4.78, 5) is 51.3. The van der Waals surface area contributed by atoms with Gasteiger partial charge in [-0.25, -0.2) is 23.7 Å². The van der Waals surface area contributed by atoms with Crippen LogP contribution in [0.4, 0.5) is 37.5 Å². The maximum Gasteiger partial charge on any atom is 0.270 e. The first-order valence-corrected chi connectivity index (χ1v) is 24.8. The van der Waals surface area contributed by atoms with Gasteiger partial charge < -0.3 is 30.7 Å². The predicted molar refractivity (Wildman–Crippen MR) is 264 cm³/mol. The lowest BCUT2D eigenvalue weighted by Gasteiger charge is -2.34. The van der Waals surface area contributed by atoms with Crippen LogP contribution < -0.4 is 32.0 Å². The molecular formula is C49H56F2N14O3S. The maximum absolute atomic E-state index is 14.9. The summed E-state index contributed by atoms with van der Waals surface area (Å²) in [5.41, 5.74) is 8.32. The van der Waals surface area contributed by atoms with E-state index in [1.165, 1.54) is 36.7 Å². The smallest absolute Gasteiger partial charge is 0.270 e. The van der Waals surface area contributed by atoms with Crippen LogP contribution in [0.2, 0.25) is 0 Å². The van der Waals surface area contributed by atoms with Crippen LogP contribution in [-0.4, -0.2) is 116 Å². The Balaban J connectivity index is 0.000000152. The number of fused-ring (bicyclic) bond motifs is 2. The summed E-state index contributed by atoms with van der Waals surface area (Å²) < 4.78 is 43.3. The number of anilines is 5. The van der Waals surface area contributed by atoms with E-state index in [4.69, 9.17) is 11.0 Å². The van der Waals surface area contributed by atoms with E-state index in [0.29, 0.717) is 44.8 Å². The normalized spacial score (nSPS) is 17.4. The zero-order valence-corrected chi connectivity index (χ0v) is 39.9. The first kappa shape index (κ1) is 48.6. The molecule has 69 heavy (non-hydrogen) atoms. The van der Waals surface area contributed by atoms with Crippen molar-refractivity contribution < 1.29 is 13.0 Å². The Morgan fingerprint density at radius 1 is 0.667 bits per heavy atom. The molecule has 6 aromatic rings. The van der Waals surface area contributed by atoms with Crippen LogP contribution in [0.3, 0.4) is 0 Å². The van der Waals surface area contributed by atoms with Gasteiger partial charge in [-0.05, 0) is 88.3 Å². The van der Waals surface area contributed by atoms with Crippen LogP contribution in [0.5, 0.6) is 0 Å². The van der Waals surface area contributed by atoms with Gasteiger partial charge in [-0.1, -0.05) is 25.7 Å². The van der Waals surface area contributed by atoms with E-state index in [1.54, 1.807) is 33.5 Å². The van der Waals surface area contributed by atoms with E-state index in [-0.39, 0.29) is 57.1 Å². The number of nitrogens with one attached hydrogen (secondary N) is 1. The molecule has 0 radical (unpaired) electrons. The molecule has 2 aromatic carbocycles. The van der Waals surface area contributed by atoms with Gasteiger partial charge in [-0.2, -0.15) is 15.5 Å². The fourth-order valence-electron chi connectivity index (χ4n) is 9.43. The number of nitriles is 2. The highest BCUT2D eigenvalue weighted by molar-refractivity contribution is 7.84. The van der Waals surface area contributed by atoms with Gasteiger partial charge in [-0.3, -0.25) is 22.9 Å². The minimum absolute atomic E-state index is 0.0244. The van der Waals surface area contributed by atoms with E-state index in [2.05, 4.69) is 58.9 Å². The molecule has 3 N–H and O–H groups in total. The molecule has 2 saturated carbocycles. The zero-order valence-electron chi connectivity index (χ0n) is 39.1. The highest BCUT2D eigenvalue weighted by Crippen LogP contribution is 2.33. The molecule has 6 heterocycles. The summed E-state index contributed by atoms with van der Waals surface area (Å²) in [5, 5.41) is 23.1. The Morgan fingerprint density at radius 3 is 1.59 bits per heavy atom. The monoisotopic (exact) mass is 958 g/mol. The molecule has 20 heteroatoms. The van der Waals surface area contributed by atoms with Crippen LogP contribution in [0.25, 0.3) is 22.1 Å². The van der Waals surface area contributed by atoms with E-state index in [1.807, 2.05) is 18.2 Å². The number of aromatic nitrogens is 6. The highest BCUT2D eigenvalue weighted by Gasteiger charge is 2.25. The number of likely N-dealkylation sites (N-methyl/N-ethyl adjacent to an activating group) is 2. The molecule has 4 aromatic heterocycles. The SMILES string of the molecule is CN1CCN(c2ccc(N)cc2F)CC1.CN1CCN(c2ccc(Nc3ncc4cc(C#N)c(=O)n(C5CCCC5)c4n3)cc2F)CC1.CS(=O)c1ncc2cc(C#N)c(=O)n(C3CCCC3)c2n1. The van der Waals surface area contributed by atoms with Crippen molar-refractivity contribution in [1.82, 2.24) is 38.9 Å². The number of nitrogens with zero attached hydrogens (tertiary/aromatic N) is 12. The molecule has 0 spiro atoms. The zero-order chi connectivity index (χ0) is 48.8. The van der Waals surface area contributed by atoms with Gasteiger partial charge in [0.05, 0.1) is 22.2 Å². The van der Waals surface area contributed by atoms with Crippen molar-refractivity contribution in [2.75, 3.05) is 93.6 Å². The molecule has 4 aliphatic rings. The third kappa shape index (κ3) is 11.0. The predicted octanol–water partition coefficient (Wildman–Crippen LogP) is 6.09. The van der Waals surface area contributed by atoms with Crippen LogP contribution in [0.15, 0.2) is 75.7 Å². The third-order valence-corrected chi connectivity index (χ3v) is 14.0. The van der Waals surface area contributed by atoms with Crippen molar-refractivity contribution in [2.45, 2.75) is 68.6 Å². The number of hydrogen-bond donors (Lipinski definition) is 2. The molecule has 10 rings (SSSR count). The molecule has 360 valence electrons. The lowest BCUT2D eigenvalue weighted by atomic mass is 10.2. The Labute approximate surface area is 401 Å². The van der Waals surface area contributed by atoms with Crippen molar-refractivity contribution >= 4 is 61.6 Å². The molecule has 0 bridgehead atoms. The number of nitrogens with two attached hydrogens (primary N) is 1. The van der Waals surface area contributed by atoms with Crippen molar-refractivity contribution in [2.24, 2.45) is 0 Å². The maximum atomic E-state index is 14.9. The fourth-order valence-corrected chi connectivity index (χ4v) is 9.85. The number of rotatable bonds is 7. The highest BCUT2D eigenvalue weighted by atomic mass is 32.2. The molecule has 4 fully saturated rings. The minimum Gasteiger partial charge on any atom is -0.399 e. The van der Waals surface area contributed by atoms with Crippen LogP contribution >= 0.6 is 0 Å². The Bertz CT molecular complexity index is 3070. The Morgan fingerprint density at radius 2 is 1.13 bits per heavy atom. The Kier molecular flexibility index (Phi) is 15.2. The number of benzene rings is 2. The topological polar surface area (TPSA) is 211 Å². The average molecular weight is 959 g/mol. The van der Waals surface area contributed by atoms with E-state index < -0.39 is 10.8 Å². The largest absolute Gasteiger partial charge is 0.399 e. The minimum atomic E-state index is -1.31. The lowest BCUT2D eigenvalue weighted by Crippen LogP contribution is -2.44. The van der Waals surface area contributed by atoms with Crippen molar-refractivity contribution in [3.8, 4) is 12.1 Å². The first-order valence-electron chi connectivity index (χ1n) is 23.3. The number of piperazine rings is 2. The van der Waals surface area contributed by atoms with Gasteiger partial charge in [0.2, 0.25) is 11.1 Å². The second kappa shape index (κ2) is 21.6. The van der Waals surface area contributed by atoms with Crippen LogP contribution in [0.1, 0.15) is 74.6 Å². The number of pyridine rings is 2. The van der Waals surface area contributed by atoms with Gasteiger partial charge >= 0.3 is 0 Å². The van der Waals surface area contributed by atoms with E-state index >= 15 is 0 Å². The summed E-state index contributed by atoms with van der Waals surface area (Å²) in [7, 11) is 2.84. The standard InChI is InChI=1S/C24H26FN7O.C14H14N4O2S.C11H16FN3/c1-30-8-10-31(11-9-30)21-7-6-18(13-20(21)25)28-24-27-15-17-12-16(14-26)23(33)32(22(17)29-24)19-4-2-3-5-19;1-21(20)14-16-8-10-6-9(7-15)13(19)18(12(10)17-14)11-4-2-3-5-11;1-14-4-6-15(7-5-14)11-3-2-9(13)8-10(11)12/h6-7,12-13,15,19H,2-5,8-11H2,1H3,(H,27,28,29);6,8,11H,2-5H2,1H3;2-3,8H,4-7,13H2,1H3. The molecule has 1 atom stereocenters. The van der Waals surface area contributed by atoms with Gasteiger partial charge in [0, 0.05) is 105 Å². The third-order valence-electron chi connectivity index (χ3n) is 13.3. The number of hydrogen-bond acceptors (Lipinski definition) is 15. The van der Waals surface area contributed by atoms with Crippen molar-refractivity contribution in [3.05, 3.63) is 104 Å². The lowest BCUT2D eigenvalue weighted by molar-refractivity contribution is 0.311. The second-order valence-corrected chi connectivity index (χ2v) is 19.3. The molecule has 2 saturated heterocycles. The average Bonchev–Trinajstić information content (AvgIpc) is 4.09.